The molecule has 0 unspecified atom stereocenters. The van der Waals surface area contributed by atoms with Crippen molar-refractivity contribution in [3.8, 4) is 5.69 Å². The molecule has 8 aromatic rings. The minimum absolute atomic E-state index is 0.117. The van der Waals surface area contributed by atoms with Gasteiger partial charge in [-0.1, -0.05) is 69.3 Å². The Bertz CT molecular complexity index is 2450. The molecule has 3 aromatic heterocycles. The van der Waals surface area contributed by atoms with E-state index >= 15 is 0 Å². The summed E-state index contributed by atoms with van der Waals surface area (Å²) in [4.78, 5) is 27.6. The van der Waals surface area contributed by atoms with E-state index in [2.05, 4.69) is 49.6 Å². The molecule has 0 bridgehead atoms. The molecule has 8 rings (SSSR count). The average Bonchev–Trinajstić information content (AvgIpc) is 3.30. The van der Waals surface area contributed by atoms with Gasteiger partial charge in [0.05, 0.1) is 38.3 Å². The van der Waals surface area contributed by atoms with Gasteiger partial charge >= 0.3 is 0 Å². The maximum atomic E-state index is 13.9. The van der Waals surface area contributed by atoms with E-state index in [1.165, 1.54) is 0 Å². The van der Waals surface area contributed by atoms with Crippen LogP contribution in [0, 0.1) is 0 Å². The van der Waals surface area contributed by atoms with E-state index in [0.29, 0.717) is 43.9 Å². The predicted octanol–water partition coefficient (Wildman–Crippen LogP) is 8.60. The summed E-state index contributed by atoms with van der Waals surface area (Å²) in [6, 6.07) is 31.1. The van der Waals surface area contributed by atoms with Crippen LogP contribution in [0.1, 0.15) is 26.3 Å². The summed E-state index contributed by atoms with van der Waals surface area (Å²) in [7, 11) is 0. The Morgan fingerprint density at radius 3 is 1.76 bits per heavy atom. The predicted molar refractivity (Wildman–Crippen MR) is 167 cm³/mol. The monoisotopic (exact) mass is 535 g/mol. The van der Waals surface area contributed by atoms with Crippen LogP contribution in [-0.2, 0) is 5.41 Å². The Hall–Kier alpha value is -5.16. The summed E-state index contributed by atoms with van der Waals surface area (Å²) >= 11 is 0. The van der Waals surface area contributed by atoms with E-state index in [-0.39, 0.29) is 16.3 Å². The molecule has 0 saturated carbocycles. The van der Waals surface area contributed by atoms with Crippen LogP contribution < -0.4 is 10.9 Å². The smallest absolute Gasteiger partial charge is 0.200 e. The van der Waals surface area contributed by atoms with Crippen molar-refractivity contribution in [1.29, 1.82) is 0 Å². The van der Waals surface area contributed by atoms with Crippen molar-refractivity contribution < 1.29 is 8.83 Å². The van der Waals surface area contributed by atoms with E-state index in [9.17, 15) is 9.59 Å². The highest BCUT2D eigenvalue weighted by Crippen LogP contribution is 2.35. The lowest BCUT2D eigenvalue weighted by Gasteiger charge is -2.19. The molecule has 0 saturated heterocycles. The number of fused-ring (bicyclic) bond motifs is 7. The number of benzene rings is 5. The Kier molecular flexibility index (Phi) is 4.73. The maximum Gasteiger partial charge on any atom is 0.200 e. The van der Waals surface area contributed by atoms with Gasteiger partial charge < -0.3 is 13.4 Å². The second-order valence-corrected chi connectivity index (χ2v) is 11.7. The van der Waals surface area contributed by atoms with Gasteiger partial charge in [0.25, 0.3) is 0 Å². The Morgan fingerprint density at radius 2 is 1.10 bits per heavy atom. The molecule has 0 N–H and O–H groups in total. The van der Waals surface area contributed by atoms with Crippen molar-refractivity contribution in [2.45, 2.75) is 26.2 Å². The molecule has 5 aromatic carbocycles. The number of hydrogen-bond donors (Lipinski definition) is 0. The lowest BCUT2D eigenvalue weighted by molar-refractivity contribution is 0.590. The summed E-state index contributed by atoms with van der Waals surface area (Å²) in [5.74, 6) is 0. The summed E-state index contributed by atoms with van der Waals surface area (Å²) < 4.78 is 14.8. The number of aromatic nitrogens is 1. The first kappa shape index (κ1) is 23.7. The second-order valence-electron chi connectivity index (χ2n) is 11.7. The van der Waals surface area contributed by atoms with Gasteiger partial charge in [0, 0.05) is 10.8 Å². The van der Waals surface area contributed by atoms with Crippen LogP contribution in [0.25, 0.3) is 71.4 Å². The van der Waals surface area contributed by atoms with Crippen LogP contribution in [0.3, 0.4) is 0 Å². The maximum absolute atomic E-state index is 13.9. The molecule has 0 atom stereocenters. The third-order valence-corrected chi connectivity index (χ3v) is 8.15. The highest BCUT2D eigenvalue weighted by Gasteiger charge is 2.20. The summed E-state index contributed by atoms with van der Waals surface area (Å²) in [5, 5.41) is 3.97. The molecule has 41 heavy (non-hydrogen) atoms. The molecule has 5 heteroatoms. The highest BCUT2D eigenvalue weighted by molar-refractivity contribution is 6.10. The fourth-order valence-corrected chi connectivity index (χ4v) is 6.03. The van der Waals surface area contributed by atoms with Crippen molar-refractivity contribution >= 4 is 65.7 Å². The van der Waals surface area contributed by atoms with Crippen molar-refractivity contribution in [1.82, 2.24) is 4.57 Å². The number of rotatable bonds is 1. The topological polar surface area (TPSA) is 65.3 Å². The van der Waals surface area contributed by atoms with Gasteiger partial charge in [-0.15, -0.1) is 0 Å². The van der Waals surface area contributed by atoms with Crippen LogP contribution in [0.2, 0.25) is 0 Å². The zero-order valence-electron chi connectivity index (χ0n) is 22.8. The fourth-order valence-electron chi connectivity index (χ4n) is 6.03. The first-order valence-corrected chi connectivity index (χ1v) is 13.7. The summed E-state index contributed by atoms with van der Waals surface area (Å²) in [6.07, 6.45) is 0. The SMILES string of the molecule is CC(C)(C)c1ccc2oc3cc4c(=O)c5cccc(-n6c7ccccc7c7ccccc76)c5oc4cc3c(=O)c2c1. The summed E-state index contributed by atoms with van der Waals surface area (Å²) in [6.45, 7) is 6.33. The fraction of sp³-hybridized carbons (Fsp3) is 0.111. The molecule has 5 nitrogen and oxygen atoms in total. The van der Waals surface area contributed by atoms with Crippen LogP contribution in [0.5, 0.6) is 0 Å². The molecular formula is C36H25NO4. The molecule has 0 spiro atoms. The van der Waals surface area contributed by atoms with Gasteiger partial charge in [0.15, 0.2) is 5.58 Å². The van der Waals surface area contributed by atoms with Gasteiger partial charge in [-0.2, -0.15) is 0 Å². The Labute approximate surface area is 233 Å². The van der Waals surface area contributed by atoms with Crippen molar-refractivity contribution in [3.05, 3.63) is 123 Å². The molecule has 0 fully saturated rings. The Morgan fingerprint density at radius 1 is 0.537 bits per heavy atom. The van der Waals surface area contributed by atoms with E-state index in [0.717, 1.165) is 33.1 Å². The molecule has 0 aliphatic rings. The molecule has 0 aliphatic heterocycles. The van der Waals surface area contributed by atoms with Gasteiger partial charge in [0.2, 0.25) is 10.9 Å². The van der Waals surface area contributed by atoms with E-state index < -0.39 is 0 Å². The van der Waals surface area contributed by atoms with Crippen LogP contribution in [-0.4, -0.2) is 4.57 Å². The number of para-hydroxylation sites is 3. The Balaban J connectivity index is 1.47. The molecular weight excluding hydrogens is 510 g/mol. The number of nitrogens with zero attached hydrogens (tertiary/aromatic N) is 1. The average molecular weight is 536 g/mol. The molecule has 0 amide bonds. The minimum atomic E-state index is -0.170. The number of hydrogen-bond acceptors (Lipinski definition) is 4. The van der Waals surface area contributed by atoms with Crippen molar-refractivity contribution in [2.75, 3.05) is 0 Å². The quantitative estimate of drug-likeness (QED) is 0.197. The molecule has 3 heterocycles. The lowest BCUT2D eigenvalue weighted by atomic mass is 9.86. The third-order valence-electron chi connectivity index (χ3n) is 8.15. The van der Waals surface area contributed by atoms with Gasteiger partial charge in [0.1, 0.15) is 16.7 Å². The second kappa shape index (κ2) is 8.18. The lowest BCUT2D eigenvalue weighted by Crippen LogP contribution is -2.12. The van der Waals surface area contributed by atoms with E-state index in [1.54, 1.807) is 18.2 Å². The van der Waals surface area contributed by atoms with Crippen LogP contribution >= 0.6 is 0 Å². The first-order chi connectivity index (χ1) is 19.8. The standard InChI is InChI=1S/C36H25NO4/c1-36(2,3)20-15-16-30-24(17-20)34(39)25-19-32-26(18-31(25)40-30)33(38)23-11-8-14-29(35(23)41-32)37-27-12-6-4-9-21(27)22-10-5-7-13-28(22)37/h4-19H,1-3H3. The molecule has 0 aliphatic carbocycles. The van der Waals surface area contributed by atoms with Crippen LogP contribution in [0.15, 0.2) is 115 Å². The van der Waals surface area contributed by atoms with E-state index in [4.69, 9.17) is 8.83 Å². The minimum Gasteiger partial charge on any atom is -0.456 e. The zero-order chi connectivity index (χ0) is 28.0. The van der Waals surface area contributed by atoms with Gasteiger partial charge in [-0.25, -0.2) is 0 Å². The first-order valence-electron chi connectivity index (χ1n) is 13.7. The zero-order valence-corrected chi connectivity index (χ0v) is 22.8. The van der Waals surface area contributed by atoms with Gasteiger partial charge in [-0.05, 0) is 59.5 Å². The molecule has 198 valence electrons. The van der Waals surface area contributed by atoms with Crippen LogP contribution in [0.4, 0.5) is 0 Å². The van der Waals surface area contributed by atoms with Crippen molar-refractivity contribution in [2.24, 2.45) is 0 Å². The molecule has 0 radical (unpaired) electrons. The summed E-state index contributed by atoms with van der Waals surface area (Å²) in [5.41, 5.74) is 5.09. The van der Waals surface area contributed by atoms with E-state index in [1.807, 2.05) is 54.6 Å². The largest absolute Gasteiger partial charge is 0.456 e. The highest BCUT2D eigenvalue weighted by atomic mass is 16.3. The normalized spacial score (nSPS) is 12.5. The van der Waals surface area contributed by atoms with Gasteiger partial charge in [-0.3, -0.25) is 9.59 Å². The third kappa shape index (κ3) is 3.35. The van der Waals surface area contributed by atoms with Crippen molar-refractivity contribution in [3.63, 3.8) is 0 Å².